The highest BCUT2D eigenvalue weighted by atomic mass is 32.2. The zero-order valence-corrected chi connectivity index (χ0v) is 20.9. The second-order valence-corrected chi connectivity index (χ2v) is 11.7. The second kappa shape index (κ2) is 9.74. The van der Waals surface area contributed by atoms with Gasteiger partial charge in [0.2, 0.25) is 10.0 Å². The van der Waals surface area contributed by atoms with Gasteiger partial charge in [-0.3, -0.25) is 0 Å². The van der Waals surface area contributed by atoms with Crippen LogP contribution in [0.25, 0.3) is 11.1 Å². The summed E-state index contributed by atoms with van der Waals surface area (Å²) in [6.45, 7) is 7.69. The van der Waals surface area contributed by atoms with Gasteiger partial charge in [0.25, 0.3) is 0 Å². The molecule has 3 atom stereocenters. The Hall–Kier alpha value is -1.93. The molecule has 0 unspecified atom stereocenters. The van der Waals surface area contributed by atoms with Crippen LogP contribution in [0.4, 0.5) is 0 Å². The smallest absolute Gasteiger partial charge is 0.247 e. The fourth-order valence-electron chi connectivity index (χ4n) is 4.63. The van der Waals surface area contributed by atoms with Crippen molar-refractivity contribution in [1.29, 1.82) is 0 Å². The molecule has 1 N–H and O–H groups in total. The predicted octanol–water partition coefficient (Wildman–Crippen LogP) is 3.77. The van der Waals surface area contributed by atoms with Crippen molar-refractivity contribution < 1.29 is 18.3 Å². The van der Waals surface area contributed by atoms with Gasteiger partial charge in [-0.25, -0.2) is 8.42 Å². The summed E-state index contributed by atoms with van der Waals surface area (Å²) in [4.78, 5) is 2.47. The molecule has 2 aromatic carbocycles. The van der Waals surface area contributed by atoms with Crippen LogP contribution in [0.2, 0.25) is 0 Å². The van der Waals surface area contributed by atoms with Crippen LogP contribution in [0.3, 0.4) is 0 Å². The fraction of sp³-hybridized carbons (Fsp3) is 0.538. The van der Waals surface area contributed by atoms with Gasteiger partial charge in [-0.05, 0) is 68.5 Å². The van der Waals surface area contributed by atoms with Crippen molar-refractivity contribution in [3.05, 3.63) is 48.0 Å². The molecular formula is C26H36N2O4S. The number of aryl methyl sites for hydroxylation is 1. The molecule has 33 heavy (non-hydrogen) atoms. The Morgan fingerprint density at radius 1 is 1.18 bits per heavy atom. The van der Waals surface area contributed by atoms with Crippen LogP contribution >= 0.6 is 0 Å². The van der Waals surface area contributed by atoms with Gasteiger partial charge >= 0.3 is 0 Å². The van der Waals surface area contributed by atoms with Gasteiger partial charge in [0.05, 0.1) is 6.61 Å². The normalized spacial score (nSPS) is 23.9. The first-order valence-corrected chi connectivity index (χ1v) is 13.3. The zero-order valence-electron chi connectivity index (χ0n) is 20.1. The molecule has 0 amide bonds. The molecule has 2 aliphatic rings. The van der Waals surface area contributed by atoms with Crippen LogP contribution in [0.5, 0.6) is 5.75 Å². The van der Waals surface area contributed by atoms with E-state index < -0.39 is 16.1 Å². The SMILES string of the molecule is Cc1ccccc1-c1ccc2c(c1)O[C@@H](CN(C)CC1CC1)[C@@H](C)CN([C@H](C)CO)S2(=O)=O. The highest BCUT2D eigenvalue weighted by Crippen LogP contribution is 2.37. The summed E-state index contributed by atoms with van der Waals surface area (Å²) in [5.41, 5.74) is 3.11. The Labute approximate surface area is 198 Å². The molecule has 1 aliphatic carbocycles. The van der Waals surface area contributed by atoms with Crippen LogP contribution in [-0.2, 0) is 10.0 Å². The second-order valence-electron chi connectivity index (χ2n) is 9.88. The van der Waals surface area contributed by atoms with Crippen LogP contribution in [0.1, 0.15) is 32.3 Å². The van der Waals surface area contributed by atoms with E-state index in [0.717, 1.165) is 35.7 Å². The number of hydrogen-bond donors (Lipinski definition) is 1. The summed E-state index contributed by atoms with van der Waals surface area (Å²) in [7, 11) is -1.71. The molecule has 180 valence electrons. The first-order chi connectivity index (χ1) is 15.7. The van der Waals surface area contributed by atoms with E-state index in [-0.39, 0.29) is 23.5 Å². The Morgan fingerprint density at radius 3 is 2.58 bits per heavy atom. The van der Waals surface area contributed by atoms with Gasteiger partial charge in [-0.15, -0.1) is 0 Å². The standard InChI is InChI=1S/C26H36N2O4S/c1-18-7-5-6-8-23(18)22-11-12-26-24(13-22)32-25(16-27(4)15-21-9-10-21)19(2)14-28(20(3)17-29)33(26,30)31/h5-8,11-13,19-21,25,29H,9-10,14-17H2,1-4H3/t19-,20+,25-/m0/s1. The molecule has 0 radical (unpaired) electrons. The third-order valence-corrected chi connectivity index (χ3v) is 8.90. The summed E-state index contributed by atoms with van der Waals surface area (Å²) in [6, 6.07) is 12.9. The number of likely N-dealkylation sites (N-methyl/N-ethyl adjacent to an activating group) is 1. The van der Waals surface area contributed by atoms with Crippen LogP contribution in [0.15, 0.2) is 47.4 Å². The minimum absolute atomic E-state index is 0.0364. The van der Waals surface area contributed by atoms with Gasteiger partial charge in [0.1, 0.15) is 16.7 Å². The lowest BCUT2D eigenvalue weighted by Gasteiger charge is -2.37. The lowest BCUT2D eigenvalue weighted by Crippen LogP contribution is -2.49. The lowest BCUT2D eigenvalue weighted by atomic mass is 10.00. The first kappa shape index (κ1) is 24.2. The number of nitrogens with zero attached hydrogens (tertiary/aromatic N) is 2. The van der Waals surface area contributed by atoms with Crippen LogP contribution in [-0.4, -0.2) is 68.2 Å². The van der Waals surface area contributed by atoms with Crippen molar-refractivity contribution >= 4 is 10.0 Å². The Kier molecular flexibility index (Phi) is 7.15. The molecule has 0 bridgehead atoms. The van der Waals surface area contributed by atoms with Gasteiger partial charge < -0.3 is 14.7 Å². The maximum atomic E-state index is 13.6. The number of benzene rings is 2. The third-order valence-electron chi connectivity index (χ3n) is 6.88. The molecular weight excluding hydrogens is 436 g/mol. The Bertz CT molecular complexity index is 1080. The van der Waals surface area contributed by atoms with Crippen LogP contribution < -0.4 is 4.74 Å². The quantitative estimate of drug-likeness (QED) is 0.664. The van der Waals surface area contributed by atoms with Crippen molar-refractivity contribution in [1.82, 2.24) is 9.21 Å². The number of aliphatic hydroxyl groups excluding tert-OH is 1. The lowest BCUT2D eigenvalue weighted by molar-refractivity contribution is 0.0741. The zero-order chi connectivity index (χ0) is 23.8. The molecule has 0 saturated heterocycles. The molecule has 4 rings (SSSR count). The number of sulfonamides is 1. The van der Waals surface area contributed by atoms with E-state index in [0.29, 0.717) is 12.3 Å². The van der Waals surface area contributed by atoms with E-state index in [4.69, 9.17) is 4.74 Å². The number of aliphatic hydroxyl groups is 1. The van der Waals surface area contributed by atoms with Gasteiger partial charge in [0.15, 0.2) is 0 Å². The molecule has 0 aromatic heterocycles. The minimum atomic E-state index is -3.82. The molecule has 1 aliphatic heterocycles. The summed E-state index contributed by atoms with van der Waals surface area (Å²) in [5, 5.41) is 9.81. The molecule has 2 aromatic rings. The van der Waals surface area contributed by atoms with E-state index in [1.165, 1.54) is 17.1 Å². The van der Waals surface area contributed by atoms with Crippen molar-refractivity contribution in [3.8, 4) is 16.9 Å². The maximum Gasteiger partial charge on any atom is 0.247 e. The van der Waals surface area contributed by atoms with Crippen molar-refractivity contribution in [2.45, 2.75) is 50.7 Å². The molecule has 6 nitrogen and oxygen atoms in total. The molecule has 1 saturated carbocycles. The predicted molar refractivity (Wildman–Crippen MR) is 131 cm³/mol. The largest absolute Gasteiger partial charge is 0.487 e. The van der Waals surface area contributed by atoms with Crippen molar-refractivity contribution in [3.63, 3.8) is 0 Å². The average Bonchev–Trinajstić information content (AvgIpc) is 3.59. The summed E-state index contributed by atoms with van der Waals surface area (Å²) < 4.78 is 35.2. The van der Waals surface area contributed by atoms with Crippen LogP contribution in [0, 0.1) is 18.8 Å². The number of rotatable bonds is 7. The molecule has 1 fully saturated rings. The minimum Gasteiger partial charge on any atom is -0.487 e. The Balaban J connectivity index is 1.76. The van der Waals surface area contributed by atoms with Crippen molar-refractivity contribution in [2.24, 2.45) is 11.8 Å². The van der Waals surface area contributed by atoms with E-state index in [1.807, 2.05) is 50.2 Å². The molecule has 1 heterocycles. The van der Waals surface area contributed by atoms with Gasteiger partial charge in [0, 0.05) is 31.6 Å². The maximum absolute atomic E-state index is 13.6. The van der Waals surface area contributed by atoms with E-state index in [9.17, 15) is 13.5 Å². The van der Waals surface area contributed by atoms with Gasteiger partial charge in [-0.2, -0.15) is 4.31 Å². The van der Waals surface area contributed by atoms with Gasteiger partial charge in [-0.1, -0.05) is 37.3 Å². The Morgan fingerprint density at radius 2 is 1.91 bits per heavy atom. The molecule has 0 spiro atoms. The number of ether oxygens (including phenoxy) is 1. The summed E-state index contributed by atoms with van der Waals surface area (Å²) in [5.74, 6) is 1.12. The third kappa shape index (κ3) is 5.27. The summed E-state index contributed by atoms with van der Waals surface area (Å²) in [6.07, 6.45) is 2.41. The first-order valence-electron chi connectivity index (χ1n) is 11.9. The highest BCUT2D eigenvalue weighted by molar-refractivity contribution is 7.89. The average molecular weight is 473 g/mol. The highest BCUT2D eigenvalue weighted by Gasteiger charge is 2.38. The number of hydrogen-bond acceptors (Lipinski definition) is 5. The van der Waals surface area contributed by atoms with E-state index in [2.05, 4.69) is 11.9 Å². The fourth-order valence-corrected chi connectivity index (χ4v) is 6.46. The molecule has 7 heteroatoms. The number of fused-ring (bicyclic) bond motifs is 1. The van der Waals surface area contributed by atoms with E-state index >= 15 is 0 Å². The monoisotopic (exact) mass is 472 g/mol. The summed E-state index contributed by atoms with van der Waals surface area (Å²) >= 11 is 0. The van der Waals surface area contributed by atoms with E-state index in [1.54, 1.807) is 13.0 Å². The van der Waals surface area contributed by atoms with Crippen molar-refractivity contribution in [2.75, 3.05) is 33.3 Å². The topological polar surface area (TPSA) is 70.1 Å².